The number of ether oxygens (including phenoxy) is 1. The van der Waals surface area contributed by atoms with Gasteiger partial charge in [0.15, 0.2) is 0 Å². The summed E-state index contributed by atoms with van der Waals surface area (Å²) in [7, 11) is 1.70. The molecule has 0 bridgehead atoms. The Bertz CT molecular complexity index is 421. The van der Waals surface area contributed by atoms with E-state index >= 15 is 0 Å². The molecule has 4 heteroatoms. The van der Waals surface area contributed by atoms with Crippen molar-refractivity contribution >= 4 is 27.5 Å². The van der Waals surface area contributed by atoms with E-state index in [9.17, 15) is 0 Å². The van der Waals surface area contributed by atoms with Gasteiger partial charge >= 0.3 is 0 Å². The Morgan fingerprint density at radius 3 is 2.65 bits per heavy atom. The second-order valence-corrected chi connectivity index (χ2v) is 6.65. The Kier molecular flexibility index (Phi) is 6.66. The van der Waals surface area contributed by atoms with Crippen LogP contribution in [0.5, 0.6) is 5.75 Å². The van der Waals surface area contributed by atoms with Gasteiger partial charge in [-0.25, -0.2) is 0 Å². The SMILES string of the molecule is COc1ccc(CN(CCCl)C2CCCCC2)cc1Br. The molecule has 1 aliphatic carbocycles. The topological polar surface area (TPSA) is 12.5 Å². The summed E-state index contributed by atoms with van der Waals surface area (Å²) in [5.41, 5.74) is 1.31. The Balaban J connectivity index is 2.04. The normalized spacial score (nSPS) is 16.6. The molecule has 0 saturated heterocycles. The molecule has 0 aromatic heterocycles. The van der Waals surface area contributed by atoms with Gasteiger partial charge in [-0.1, -0.05) is 25.3 Å². The second kappa shape index (κ2) is 8.26. The quantitative estimate of drug-likeness (QED) is 0.674. The third kappa shape index (κ3) is 4.37. The van der Waals surface area contributed by atoms with Crippen LogP contribution in [0.4, 0.5) is 0 Å². The third-order valence-electron chi connectivity index (χ3n) is 4.06. The highest BCUT2D eigenvalue weighted by atomic mass is 79.9. The molecule has 2 nitrogen and oxygen atoms in total. The van der Waals surface area contributed by atoms with Crippen LogP contribution in [0.3, 0.4) is 0 Å². The van der Waals surface area contributed by atoms with Crippen molar-refractivity contribution in [3.8, 4) is 5.75 Å². The molecule has 1 fully saturated rings. The molecular weight excluding hydrogens is 338 g/mol. The van der Waals surface area contributed by atoms with Gasteiger partial charge in [0, 0.05) is 25.0 Å². The molecule has 0 amide bonds. The van der Waals surface area contributed by atoms with Gasteiger partial charge in [-0.3, -0.25) is 4.90 Å². The summed E-state index contributed by atoms with van der Waals surface area (Å²) < 4.78 is 6.31. The molecule has 0 N–H and O–H groups in total. The van der Waals surface area contributed by atoms with Crippen LogP contribution in [-0.4, -0.2) is 30.5 Å². The zero-order valence-electron chi connectivity index (χ0n) is 12.1. The summed E-state index contributed by atoms with van der Waals surface area (Å²) in [6.07, 6.45) is 6.73. The molecule has 20 heavy (non-hydrogen) atoms. The van der Waals surface area contributed by atoms with Gasteiger partial charge in [0.25, 0.3) is 0 Å². The van der Waals surface area contributed by atoms with Crippen LogP contribution in [-0.2, 0) is 6.54 Å². The number of methoxy groups -OCH3 is 1. The van der Waals surface area contributed by atoms with Crippen LogP contribution >= 0.6 is 27.5 Å². The second-order valence-electron chi connectivity index (χ2n) is 5.42. The van der Waals surface area contributed by atoms with Crippen molar-refractivity contribution in [2.45, 2.75) is 44.7 Å². The first kappa shape index (κ1) is 16.1. The van der Waals surface area contributed by atoms with Crippen molar-refractivity contribution in [1.82, 2.24) is 4.90 Å². The van der Waals surface area contributed by atoms with E-state index in [4.69, 9.17) is 16.3 Å². The molecule has 1 aliphatic rings. The van der Waals surface area contributed by atoms with Crippen LogP contribution in [0, 0.1) is 0 Å². The standard InChI is InChI=1S/C16H23BrClNO/c1-20-16-8-7-13(11-15(16)17)12-19(10-9-18)14-5-3-2-4-6-14/h7-8,11,14H,2-6,9-10,12H2,1H3. The highest BCUT2D eigenvalue weighted by Crippen LogP contribution is 2.28. The fraction of sp³-hybridized carbons (Fsp3) is 0.625. The van der Waals surface area contributed by atoms with E-state index in [1.165, 1.54) is 37.7 Å². The minimum absolute atomic E-state index is 0.698. The lowest BCUT2D eigenvalue weighted by molar-refractivity contribution is 0.157. The number of alkyl halides is 1. The summed E-state index contributed by atoms with van der Waals surface area (Å²) in [6, 6.07) is 7.03. The fourth-order valence-electron chi connectivity index (χ4n) is 2.99. The van der Waals surface area contributed by atoms with E-state index in [0.29, 0.717) is 11.9 Å². The van der Waals surface area contributed by atoms with E-state index < -0.39 is 0 Å². The van der Waals surface area contributed by atoms with Crippen LogP contribution in [0.15, 0.2) is 22.7 Å². The Morgan fingerprint density at radius 2 is 2.05 bits per heavy atom. The molecule has 1 aromatic rings. The Morgan fingerprint density at radius 1 is 1.30 bits per heavy atom. The molecule has 112 valence electrons. The van der Waals surface area contributed by atoms with Crippen molar-refractivity contribution < 1.29 is 4.74 Å². The molecule has 0 unspecified atom stereocenters. The van der Waals surface area contributed by atoms with Crippen LogP contribution in [0.1, 0.15) is 37.7 Å². The third-order valence-corrected chi connectivity index (χ3v) is 4.85. The minimum atomic E-state index is 0.698. The first-order chi connectivity index (χ1) is 9.74. The summed E-state index contributed by atoms with van der Waals surface area (Å²) >= 11 is 9.55. The molecule has 1 saturated carbocycles. The van der Waals surface area contributed by atoms with Crippen molar-refractivity contribution in [2.75, 3.05) is 19.5 Å². The smallest absolute Gasteiger partial charge is 0.133 e. The summed E-state index contributed by atoms with van der Waals surface area (Å²) in [5, 5.41) is 0. The number of hydrogen-bond donors (Lipinski definition) is 0. The van der Waals surface area contributed by atoms with E-state index in [1.54, 1.807) is 7.11 Å². The summed E-state index contributed by atoms with van der Waals surface area (Å²) in [5.74, 6) is 1.59. The van der Waals surface area contributed by atoms with Gasteiger partial charge in [-0.2, -0.15) is 0 Å². The monoisotopic (exact) mass is 359 g/mol. The molecular formula is C16H23BrClNO. The zero-order valence-corrected chi connectivity index (χ0v) is 14.4. The molecule has 1 aromatic carbocycles. The van der Waals surface area contributed by atoms with Gasteiger partial charge < -0.3 is 4.74 Å². The van der Waals surface area contributed by atoms with Gasteiger partial charge in [0.1, 0.15) is 5.75 Å². The largest absolute Gasteiger partial charge is 0.496 e. The van der Waals surface area contributed by atoms with Gasteiger partial charge in [0.2, 0.25) is 0 Å². The highest BCUT2D eigenvalue weighted by Gasteiger charge is 2.20. The molecule has 0 spiro atoms. The van der Waals surface area contributed by atoms with E-state index in [-0.39, 0.29) is 0 Å². The van der Waals surface area contributed by atoms with Crippen molar-refractivity contribution in [3.05, 3.63) is 28.2 Å². The van der Waals surface area contributed by atoms with Crippen LogP contribution < -0.4 is 4.74 Å². The van der Waals surface area contributed by atoms with E-state index in [0.717, 1.165) is 23.3 Å². The van der Waals surface area contributed by atoms with Crippen molar-refractivity contribution in [3.63, 3.8) is 0 Å². The molecule has 0 radical (unpaired) electrons. The predicted octanol–water partition coefficient (Wildman–Crippen LogP) is 4.83. The molecule has 0 aliphatic heterocycles. The number of hydrogen-bond acceptors (Lipinski definition) is 2. The predicted molar refractivity (Wildman–Crippen MR) is 88.7 cm³/mol. The van der Waals surface area contributed by atoms with Gasteiger partial charge in [-0.05, 0) is 46.5 Å². The molecule has 2 rings (SSSR count). The first-order valence-corrected chi connectivity index (χ1v) is 8.69. The maximum atomic E-state index is 5.99. The molecule has 0 heterocycles. The first-order valence-electron chi connectivity index (χ1n) is 7.37. The van der Waals surface area contributed by atoms with Crippen molar-refractivity contribution in [2.24, 2.45) is 0 Å². The van der Waals surface area contributed by atoms with E-state index in [1.807, 2.05) is 6.07 Å². The number of halogens is 2. The fourth-order valence-corrected chi connectivity index (χ4v) is 3.79. The van der Waals surface area contributed by atoms with Gasteiger partial charge in [-0.15, -0.1) is 11.6 Å². The lowest BCUT2D eigenvalue weighted by Gasteiger charge is -2.34. The average molecular weight is 361 g/mol. The highest BCUT2D eigenvalue weighted by molar-refractivity contribution is 9.10. The molecule has 0 atom stereocenters. The van der Waals surface area contributed by atoms with E-state index in [2.05, 4.69) is 33.0 Å². The summed E-state index contributed by atoms with van der Waals surface area (Å²) in [6.45, 7) is 1.94. The lowest BCUT2D eigenvalue weighted by atomic mass is 9.94. The number of rotatable bonds is 6. The lowest BCUT2D eigenvalue weighted by Crippen LogP contribution is -2.37. The maximum absolute atomic E-state index is 5.99. The summed E-state index contributed by atoms with van der Waals surface area (Å²) in [4.78, 5) is 2.54. The Labute approximate surface area is 135 Å². The minimum Gasteiger partial charge on any atom is -0.496 e. The number of nitrogens with zero attached hydrogens (tertiary/aromatic N) is 1. The van der Waals surface area contributed by atoms with Crippen molar-refractivity contribution in [1.29, 1.82) is 0 Å². The number of benzene rings is 1. The Hall–Kier alpha value is -0.250. The van der Waals surface area contributed by atoms with Crippen LogP contribution in [0.25, 0.3) is 0 Å². The maximum Gasteiger partial charge on any atom is 0.133 e. The van der Waals surface area contributed by atoms with Gasteiger partial charge in [0.05, 0.1) is 11.6 Å². The van der Waals surface area contributed by atoms with Crippen LogP contribution in [0.2, 0.25) is 0 Å². The average Bonchev–Trinajstić information content (AvgIpc) is 2.48. The zero-order chi connectivity index (χ0) is 14.4.